The molecule has 3 rings (SSSR count). The van der Waals surface area contributed by atoms with Gasteiger partial charge in [-0.25, -0.2) is 0 Å². The van der Waals surface area contributed by atoms with Gasteiger partial charge < -0.3 is 24.4 Å². The molecule has 1 aromatic carbocycles. The molecule has 5 nitrogen and oxygen atoms in total. The molecule has 0 spiro atoms. The summed E-state index contributed by atoms with van der Waals surface area (Å²) < 4.78 is 16.4. The molecule has 2 saturated heterocycles. The Kier molecular flexibility index (Phi) is 5.62. The van der Waals surface area contributed by atoms with Gasteiger partial charge in [0.15, 0.2) is 0 Å². The van der Waals surface area contributed by atoms with Crippen LogP contribution in [0.2, 0.25) is 0 Å². The van der Waals surface area contributed by atoms with Crippen molar-refractivity contribution >= 4 is 5.69 Å². The molecule has 23 heavy (non-hydrogen) atoms. The lowest BCUT2D eigenvalue weighted by Gasteiger charge is -2.34. The Balaban J connectivity index is 1.50. The molecule has 0 saturated carbocycles. The van der Waals surface area contributed by atoms with Gasteiger partial charge in [-0.3, -0.25) is 0 Å². The van der Waals surface area contributed by atoms with Crippen molar-refractivity contribution in [2.45, 2.75) is 37.8 Å². The van der Waals surface area contributed by atoms with Crippen molar-refractivity contribution in [1.29, 1.82) is 0 Å². The first-order valence-electron chi connectivity index (χ1n) is 8.60. The minimum atomic E-state index is 0.460. The van der Waals surface area contributed by atoms with Gasteiger partial charge in [-0.15, -0.1) is 0 Å². The number of hydrogen-bond donors (Lipinski definition) is 1. The van der Waals surface area contributed by atoms with Crippen molar-refractivity contribution in [2.75, 3.05) is 45.8 Å². The van der Waals surface area contributed by atoms with Crippen molar-refractivity contribution in [2.24, 2.45) is 0 Å². The second-order valence-electron chi connectivity index (χ2n) is 6.46. The third kappa shape index (κ3) is 4.52. The smallest absolute Gasteiger partial charge is 0.124 e. The molecule has 0 radical (unpaired) electrons. The van der Waals surface area contributed by atoms with Gasteiger partial charge in [-0.05, 0) is 25.7 Å². The van der Waals surface area contributed by atoms with Gasteiger partial charge in [0, 0.05) is 56.2 Å². The van der Waals surface area contributed by atoms with E-state index in [0.717, 1.165) is 56.3 Å². The van der Waals surface area contributed by atoms with E-state index in [4.69, 9.17) is 14.2 Å². The molecule has 0 unspecified atom stereocenters. The molecule has 0 amide bonds. The van der Waals surface area contributed by atoms with Crippen molar-refractivity contribution in [1.82, 2.24) is 4.90 Å². The van der Waals surface area contributed by atoms with Gasteiger partial charge in [0.1, 0.15) is 11.5 Å². The van der Waals surface area contributed by atoms with Crippen LogP contribution in [0.5, 0.6) is 11.5 Å². The Labute approximate surface area is 138 Å². The largest absolute Gasteiger partial charge is 0.497 e. The fourth-order valence-corrected chi connectivity index (χ4v) is 3.46. The number of methoxy groups -OCH3 is 2. The van der Waals surface area contributed by atoms with Gasteiger partial charge >= 0.3 is 0 Å². The van der Waals surface area contributed by atoms with E-state index in [2.05, 4.69) is 10.2 Å². The Morgan fingerprint density at radius 1 is 1.09 bits per heavy atom. The molecule has 2 aliphatic rings. The predicted molar refractivity (Wildman–Crippen MR) is 91.6 cm³/mol. The van der Waals surface area contributed by atoms with Crippen LogP contribution in [-0.2, 0) is 4.74 Å². The summed E-state index contributed by atoms with van der Waals surface area (Å²) in [4.78, 5) is 2.54. The first-order chi connectivity index (χ1) is 11.3. The number of ether oxygens (including phenoxy) is 3. The van der Waals surface area contributed by atoms with Crippen LogP contribution in [0.3, 0.4) is 0 Å². The SMILES string of the molecule is COc1cc(NC2CCN(C[C@@H]3CCCO3)CC2)cc(OC)c1. The number of nitrogens with zero attached hydrogens (tertiary/aromatic N) is 1. The fraction of sp³-hybridized carbons (Fsp3) is 0.667. The van der Waals surface area contributed by atoms with E-state index in [9.17, 15) is 0 Å². The molecule has 0 bridgehead atoms. The van der Waals surface area contributed by atoms with E-state index in [-0.39, 0.29) is 0 Å². The van der Waals surface area contributed by atoms with Gasteiger partial charge in [0.05, 0.1) is 20.3 Å². The highest BCUT2D eigenvalue weighted by molar-refractivity contribution is 5.54. The minimum absolute atomic E-state index is 0.460. The Hall–Kier alpha value is -1.46. The van der Waals surface area contributed by atoms with Crippen molar-refractivity contribution in [3.63, 3.8) is 0 Å². The number of likely N-dealkylation sites (tertiary alicyclic amines) is 1. The second kappa shape index (κ2) is 7.88. The van der Waals surface area contributed by atoms with Gasteiger partial charge in [-0.2, -0.15) is 0 Å². The maximum absolute atomic E-state index is 5.74. The van der Waals surface area contributed by atoms with Crippen LogP contribution < -0.4 is 14.8 Å². The first kappa shape index (κ1) is 16.4. The average Bonchev–Trinajstić information content (AvgIpc) is 3.09. The van der Waals surface area contributed by atoms with Crippen LogP contribution in [0.15, 0.2) is 18.2 Å². The number of piperidine rings is 1. The third-order valence-corrected chi connectivity index (χ3v) is 4.80. The second-order valence-corrected chi connectivity index (χ2v) is 6.46. The zero-order chi connectivity index (χ0) is 16.1. The number of anilines is 1. The van der Waals surface area contributed by atoms with Crippen LogP contribution in [0, 0.1) is 0 Å². The lowest BCUT2D eigenvalue weighted by Crippen LogP contribution is -2.42. The zero-order valence-electron chi connectivity index (χ0n) is 14.2. The summed E-state index contributed by atoms with van der Waals surface area (Å²) in [5.74, 6) is 1.64. The standard InChI is InChI=1S/C18H28N2O3/c1-21-17-10-15(11-18(12-17)22-2)19-14-5-7-20(8-6-14)13-16-4-3-9-23-16/h10-12,14,16,19H,3-9,13H2,1-2H3/t16-/m0/s1. The van der Waals surface area contributed by atoms with Crippen LogP contribution in [0.25, 0.3) is 0 Å². The number of nitrogens with one attached hydrogen (secondary N) is 1. The van der Waals surface area contributed by atoms with Crippen LogP contribution >= 0.6 is 0 Å². The third-order valence-electron chi connectivity index (χ3n) is 4.80. The maximum Gasteiger partial charge on any atom is 0.124 e. The zero-order valence-corrected chi connectivity index (χ0v) is 14.2. The number of benzene rings is 1. The highest BCUT2D eigenvalue weighted by Crippen LogP contribution is 2.27. The summed E-state index contributed by atoms with van der Waals surface area (Å²) in [7, 11) is 3.37. The molecule has 0 aliphatic carbocycles. The number of hydrogen-bond acceptors (Lipinski definition) is 5. The van der Waals surface area contributed by atoms with Crippen LogP contribution in [0.4, 0.5) is 5.69 Å². The molecule has 2 heterocycles. The molecule has 1 aromatic rings. The van der Waals surface area contributed by atoms with Gasteiger partial charge in [-0.1, -0.05) is 0 Å². The van der Waals surface area contributed by atoms with E-state index in [1.165, 1.54) is 12.8 Å². The molecular weight excluding hydrogens is 292 g/mol. The number of rotatable bonds is 6. The highest BCUT2D eigenvalue weighted by Gasteiger charge is 2.24. The van der Waals surface area contributed by atoms with Crippen LogP contribution in [0.1, 0.15) is 25.7 Å². The summed E-state index contributed by atoms with van der Waals surface area (Å²) in [5, 5.41) is 3.63. The highest BCUT2D eigenvalue weighted by atomic mass is 16.5. The van der Waals surface area contributed by atoms with E-state index < -0.39 is 0 Å². The Morgan fingerprint density at radius 3 is 2.35 bits per heavy atom. The Bertz CT molecular complexity index is 473. The first-order valence-corrected chi connectivity index (χ1v) is 8.60. The van der Waals surface area contributed by atoms with E-state index in [1.54, 1.807) is 14.2 Å². The summed E-state index contributed by atoms with van der Waals surface area (Å²) >= 11 is 0. The summed E-state index contributed by atoms with van der Waals surface area (Å²) in [6, 6.07) is 6.46. The van der Waals surface area contributed by atoms with E-state index in [1.807, 2.05) is 18.2 Å². The quantitative estimate of drug-likeness (QED) is 0.873. The molecule has 0 aromatic heterocycles. The maximum atomic E-state index is 5.74. The van der Waals surface area contributed by atoms with Gasteiger partial charge in [0.2, 0.25) is 0 Å². The lowest BCUT2D eigenvalue weighted by atomic mass is 10.0. The van der Waals surface area contributed by atoms with Crippen molar-refractivity contribution in [3.05, 3.63) is 18.2 Å². The van der Waals surface area contributed by atoms with Crippen molar-refractivity contribution in [3.8, 4) is 11.5 Å². The average molecular weight is 320 g/mol. The molecular formula is C18H28N2O3. The van der Waals surface area contributed by atoms with Gasteiger partial charge in [0.25, 0.3) is 0 Å². The molecule has 5 heteroatoms. The van der Waals surface area contributed by atoms with E-state index >= 15 is 0 Å². The fourth-order valence-electron chi connectivity index (χ4n) is 3.46. The normalized spacial score (nSPS) is 23.0. The molecule has 2 fully saturated rings. The molecule has 2 aliphatic heterocycles. The molecule has 128 valence electrons. The monoisotopic (exact) mass is 320 g/mol. The summed E-state index contributed by atoms with van der Waals surface area (Å²) in [5.41, 5.74) is 1.07. The topological polar surface area (TPSA) is 43.0 Å². The minimum Gasteiger partial charge on any atom is -0.497 e. The molecule has 1 N–H and O–H groups in total. The van der Waals surface area contributed by atoms with Crippen molar-refractivity contribution < 1.29 is 14.2 Å². The Morgan fingerprint density at radius 2 is 1.78 bits per heavy atom. The van der Waals surface area contributed by atoms with Crippen LogP contribution in [-0.4, -0.2) is 57.5 Å². The summed E-state index contributed by atoms with van der Waals surface area (Å²) in [6.45, 7) is 4.32. The summed E-state index contributed by atoms with van der Waals surface area (Å²) in [6.07, 6.45) is 5.22. The lowest BCUT2D eigenvalue weighted by molar-refractivity contribution is 0.0654. The van der Waals surface area contributed by atoms with E-state index in [0.29, 0.717) is 12.1 Å². The predicted octanol–water partition coefficient (Wildman–Crippen LogP) is 2.76. The molecule has 1 atom stereocenters.